The normalized spacial score (nSPS) is 14.6. The first-order valence-corrected chi connectivity index (χ1v) is 10.2. The molecule has 134 valence electrons. The topological polar surface area (TPSA) is 44.1 Å². The monoisotopic (exact) mass is 364 g/mol. The Morgan fingerprint density at radius 1 is 1.12 bits per heavy atom. The second-order valence-electron chi connectivity index (χ2n) is 6.80. The van der Waals surface area contributed by atoms with E-state index in [1.165, 1.54) is 19.3 Å². The second kappa shape index (κ2) is 8.91. The van der Waals surface area contributed by atoms with Crippen LogP contribution in [0.5, 0.6) is 0 Å². The number of hydrogen-bond acceptors (Lipinski definition) is 3. The molecule has 4 heteroatoms. The Morgan fingerprint density at radius 3 is 2.50 bits per heavy atom. The molecule has 3 nitrogen and oxygen atoms in total. The standard InChI is InChI=1S/C22H24N2OS/c1-24(19-7-3-2-4-8-19)22(25)20-9-5-6-10-21(20)26-16-18-13-11-17(15-23)12-14-18/h5-6,9-14,19H,2-4,7-8,16H2,1H3. The summed E-state index contributed by atoms with van der Waals surface area (Å²) in [4.78, 5) is 16.0. The van der Waals surface area contributed by atoms with Crippen molar-refractivity contribution >= 4 is 17.7 Å². The van der Waals surface area contributed by atoms with Gasteiger partial charge in [0.2, 0.25) is 0 Å². The molecule has 26 heavy (non-hydrogen) atoms. The molecular formula is C22H24N2OS. The average molecular weight is 365 g/mol. The zero-order chi connectivity index (χ0) is 18.4. The summed E-state index contributed by atoms with van der Waals surface area (Å²) in [5.74, 6) is 0.906. The lowest BCUT2D eigenvalue weighted by Crippen LogP contribution is -2.38. The Hall–Kier alpha value is -2.25. The van der Waals surface area contributed by atoms with Crippen LogP contribution in [0, 0.1) is 11.3 Å². The van der Waals surface area contributed by atoms with Gasteiger partial charge in [0.05, 0.1) is 17.2 Å². The zero-order valence-corrected chi connectivity index (χ0v) is 16.0. The van der Waals surface area contributed by atoms with E-state index in [-0.39, 0.29) is 5.91 Å². The Labute approximate surface area is 160 Å². The van der Waals surface area contributed by atoms with Gasteiger partial charge in [-0.1, -0.05) is 43.5 Å². The molecule has 1 aliphatic rings. The van der Waals surface area contributed by atoms with Gasteiger partial charge in [-0.3, -0.25) is 4.79 Å². The first-order valence-electron chi connectivity index (χ1n) is 9.17. The van der Waals surface area contributed by atoms with Crippen molar-refractivity contribution in [2.45, 2.75) is 48.8 Å². The molecule has 1 aliphatic carbocycles. The Morgan fingerprint density at radius 2 is 1.81 bits per heavy atom. The molecular weight excluding hydrogens is 340 g/mol. The van der Waals surface area contributed by atoms with Gasteiger partial charge in [-0.2, -0.15) is 5.26 Å². The molecule has 0 N–H and O–H groups in total. The second-order valence-corrected chi connectivity index (χ2v) is 7.82. The summed E-state index contributed by atoms with van der Waals surface area (Å²) in [5, 5.41) is 8.90. The highest BCUT2D eigenvalue weighted by Crippen LogP contribution is 2.29. The minimum absolute atomic E-state index is 0.125. The SMILES string of the molecule is CN(C(=O)c1ccccc1SCc1ccc(C#N)cc1)C1CCCCC1. The zero-order valence-electron chi connectivity index (χ0n) is 15.1. The molecule has 0 heterocycles. The van der Waals surface area contributed by atoms with Gasteiger partial charge in [0.1, 0.15) is 0 Å². The number of carbonyl (C=O) groups is 1. The molecule has 2 aromatic rings. The lowest BCUT2D eigenvalue weighted by atomic mass is 9.94. The van der Waals surface area contributed by atoms with Crippen molar-refractivity contribution in [2.24, 2.45) is 0 Å². The number of amides is 1. The van der Waals surface area contributed by atoms with Crippen LogP contribution in [0.15, 0.2) is 53.4 Å². The maximum Gasteiger partial charge on any atom is 0.254 e. The highest BCUT2D eigenvalue weighted by molar-refractivity contribution is 7.98. The molecule has 0 spiro atoms. The van der Waals surface area contributed by atoms with Crippen LogP contribution in [0.4, 0.5) is 0 Å². The third-order valence-electron chi connectivity index (χ3n) is 5.04. The van der Waals surface area contributed by atoms with E-state index in [0.29, 0.717) is 11.6 Å². The Balaban J connectivity index is 1.70. The van der Waals surface area contributed by atoms with Crippen LogP contribution in [-0.4, -0.2) is 23.9 Å². The van der Waals surface area contributed by atoms with Gasteiger partial charge >= 0.3 is 0 Å². The quantitative estimate of drug-likeness (QED) is 0.680. The van der Waals surface area contributed by atoms with Crippen LogP contribution in [0.2, 0.25) is 0 Å². The van der Waals surface area contributed by atoms with Gasteiger partial charge in [0, 0.05) is 23.7 Å². The summed E-state index contributed by atoms with van der Waals surface area (Å²) in [6, 6.07) is 18.0. The van der Waals surface area contributed by atoms with Crippen LogP contribution >= 0.6 is 11.8 Å². The first-order chi connectivity index (χ1) is 12.7. The minimum Gasteiger partial charge on any atom is -0.339 e. The lowest BCUT2D eigenvalue weighted by molar-refractivity contribution is 0.0692. The third kappa shape index (κ3) is 4.47. The summed E-state index contributed by atoms with van der Waals surface area (Å²) in [7, 11) is 1.94. The molecule has 3 rings (SSSR count). The molecule has 1 fully saturated rings. The fraction of sp³-hybridized carbons (Fsp3) is 0.364. The first kappa shape index (κ1) is 18.5. The molecule has 1 saturated carbocycles. The molecule has 0 aliphatic heterocycles. The highest BCUT2D eigenvalue weighted by Gasteiger charge is 2.24. The van der Waals surface area contributed by atoms with Gasteiger partial charge < -0.3 is 4.90 Å². The van der Waals surface area contributed by atoms with Crippen molar-refractivity contribution in [3.05, 3.63) is 65.2 Å². The van der Waals surface area contributed by atoms with Gasteiger partial charge in [0.15, 0.2) is 0 Å². The number of benzene rings is 2. The van der Waals surface area contributed by atoms with E-state index in [4.69, 9.17) is 5.26 Å². The molecule has 2 aromatic carbocycles. The molecule has 0 radical (unpaired) electrons. The maximum absolute atomic E-state index is 13.0. The van der Waals surface area contributed by atoms with Crippen LogP contribution in [0.3, 0.4) is 0 Å². The van der Waals surface area contributed by atoms with E-state index in [1.54, 1.807) is 11.8 Å². The van der Waals surface area contributed by atoms with Crippen molar-refractivity contribution in [1.82, 2.24) is 4.90 Å². The van der Waals surface area contributed by atoms with Crippen molar-refractivity contribution < 1.29 is 4.79 Å². The summed E-state index contributed by atoms with van der Waals surface area (Å²) < 4.78 is 0. The summed E-state index contributed by atoms with van der Waals surface area (Å²) in [5.41, 5.74) is 2.61. The van der Waals surface area contributed by atoms with E-state index in [9.17, 15) is 4.79 Å². The highest BCUT2D eigenvalue weighted by atomic mass is 32.2. The van der Waals surface area contributed by atoms with Gasteiger partial charge in [-0.15, -0.1) is 11.8 Å². The predicted molar refractivity (Wildman–Crippen MR) is 106 cm³/mol. The van der Waals surface area contributed by atoms with Crippen LogP contribution in [0.1, 0.15) is 53.6 Å². The average Bonchev–Trinajstić information content (AvgIpc) is 2.72. The minimum atomic E-state index is 0.125. The van der Waals surface area contributed by atoms with Crippen LogP contribution in [0.25, 0.3) is 0 Å². The molecule has 0 saturated heterocycles. The molecule has 0 bridgehead atoms. The van der Waals surface area contributed by atoms with Gasteiger partial charge in [-0.05, 0) is 42.7 Å². The van der Waals surface area contributed by atoms with Crippen molar-refractivity contribution in [1.29, 1.82) is 5.26 Å². The number of thioether (sulfide) groups is 1. The number of carbonyl (C=O) groups excluding carboxylic acids is 1. The summed E-state index contributed by atoms with van der Waals surface area (Å²) in [6.07, 6.45) is 5.95. The van der Waals surface area contributed by atoms with E-state index in [2.05, 4.69) is 6.07 Å². The van der Waals surface area contributed by atoms with Gasteiger partial charge in [0.25, 0.3) is 5.91 Å². The molecule has 0 atom stereocenters. The smallest absolute Gasteiger partial charge is 0.254 e. The van der Waals surface area contributed by atoms with Crippen molar-refractivity contribution in [2.75, 3.05) is 7.05 Å². The number of nitriles is 1. The van der Waals surface area contributed by atoms with Crippen LogP contribution in [-0.2, 0) is 5.75 Å². The molecule has 0 unspecified atom stereocenters. The van der Waals surface area contributed by atoms with Crippen molar-refractivity contribution in [3.63, 3.8) is 0 Å². The fourth-order valence-electron chi connectivity index (χ4n) is 3.43. The van der Waals surface area contributed by atoms with E-state index < -0.39 is 0 Å². The van der Waals surface area contributed by atoms with E-state index >= 15 is 0 Å². The number of rotatable bonds is 5. The Bertz CT molecular complexity index is 789. The number of nitrogens with zero attached hydrogens (tertiary/aromatic N) is 2. The number of hydrogen-bond donors (Lipinski definition) is 0. The van der Waals surface area contributed by atoms with Crippen LogP contribution < -0.4 is 0 Å². The maximum atomic E-state index is 13.0. The summed E-state index contributed by atoms with van der Waals surface area (Å²) in [6.45, 7) is 0. The molecule has 1 amide bonds. The lowest BCUT2D eigenvalue weighted by Gasteiger charge is -2.31. The Kier molecular flexibility index (Phi) is 6.35. The van der Waals surface area contributed by atoms with E-state index in [1.807, 2.05) is 60.5 Å². The van der Waals surface area contributed by atoms with E-state index in [0.717, 1.165) is 34.6 Å². The predicted octanol–water partition coefficient (Wildman–Crippen LogP) is 5.26. The summed E-state index contributed by atoms with van der Waals surface area (Å²) >= 11 is 1.68. The van der Waals surface area contributed by atoms with Gasteiger partial charge in [-0.25, -0.2) is 0 Å². The molecule has 0 aromatic heterocycles. The fourth-order valence-corrected chi connectivity index (χ4v) is 4.43. The van der Waals surface area contributed by atoms with Crippen molar-refractivity contribution in [3.8, 4) is 6.07 Å². The third-order valence-corrected chi connectivity index (χ3v) is 6.18. The largest absolute Gasteiger partial charge is 0.339 e.